The van der Waals surface area contributed by atoms with Crippen LogP contribution < -0.4 is 9.64 Å². The van der Waals surface area contributed by atoms with Crippen LogP contribution in [0.1, 0.15) is 29.7 Å². The third-order valence-corrected chi connectivity index (χ3v) is 4.70. The Labute approximate surface area is 151 Å². The Morgan fingerprint density at radius 1 is 1.19 bits per heavy atom. The van der Waals surface area contributed by atoms with E-state index in [4.69, 9.17) is 4.74 Å². The predicted molar refractivity (Wildman–Crippen MR) is 97.3 cm³/mol. The number of nitrogens with zero attached hydrogens (tertiary/aromatic N) is 6. The molecule has 4 rings (SSSR count). The first kappa shape index (κ1) is 16.3. The number of piperidine rings is 1. The Morgan fingerprint density at radius 3 is 2.77 bits per heavy atom. The summed E-state index contributed by atoms with van der Waals surface area (Å²) in [6.45, 7) is 5.55. The van der Waals surface area contributed by atoms with Gasteiger partial charge >= 0.3 is 0 Å². The molecular weight excluding hydrogens is 328 g/mol. The zero-order chi connectivity index (χ0) is 18.1. The summed E-state index contributed by atoms with van der Waals surface area (Å²) in [4.78, 5) is 11.3. The molecule has 0 amide bonds. The lowest BCUT2D eigenvalue weighted by molar-refractivity contribution is 0.164. The first-order valence-corrected chi connectivity index (χ1v) is 8.74. The SMILES string of the molecule is Cc1cc(C)c(C#N)c(N2CCC(Oc3ccn4nccc4n3)CC2)n1. The summed E-state index contributed by atoms with van der Waals surface area (Å²) in [5, 5.41) is 13.6. The Balaban J connectivity index is 1.45. The van der Waals surface area contributed by atoms with Crippen LogP contribution in [-0.2, 0) is 0 Å². The summed E-state index contributed by atoms with van der Waals surface area (Å²) in [5.41, 5.74) is 3.36. The van der Waals surface area contributed by atoms with E-state index in [1.54, 1.807) is 10.7 Å². The van der Waals surface area contributed by atoms with Crippen LogP contribution in [0.4, 0.5) is 5.82 Å². The summed E-state index contributed by atoms with van der Waals surface area (Å²) < 4.78 is 7.77. The predicted octanol–water partition coefficient (Wildman–Crippen LogP) is 2.66. The average Bonchev–Trinajstić information content (AvgIpc) is 3.09. The van der Waals surface area contributed by atoms with E-state index in [0.717, 1.165) is 48.7 Å². The Hall–Kier alpha value is -3.14. The van der Waals surface area contributed by atoms with Crippen LogP contribution in [-0.4, -0.2) is 38.8 Å². The van der Waals surface area contributed by atoms with Gasteiger partial charge in [-0.25, -0.2) is 9.50 Å². The monoisotopic (exact) mass is 348 g/mol. The second-order valence-corrected chi connectivity index (χ2v) is 6.59. The number of anilines is 1. The first-order chi connectivity index (χ1) is 12.6. The molecular formula is C19H20N6O. The molecule has 3 aromatic heterocycles. The van der Waals surface area contributed by atoms with Gasteiger partial charge in [-0.1, -0.05) is 0 Å². The number of fused-ring (bicyclic) bond motifs is 1. The maximum Gasteiger partial charge on any atom is 0.217 e. The van der Waals surface area contributed by atoms with Gasteiger partial charge in [-0.05, 0) is 25.5 Å². The molecule has 0 unspecified atom stereocenters. The largest absolute Gasteiger partial charge is 0.474 e. The highest BCUT2D eigenvalue weighted by Gasteiger charge is 2.24. The van der Waals surface area contributed by atoms with Crippen LogP contribution >= 0.6 is 0 Å². The molecule has 0 radical (unpaired) electrons. The van der Waals surface area contributed by atoms with Gasteiger partial charge in [0, 0.05) is 50.0 Å². The maximum atomic E-state index is 9.48. The topological polar surface area (TPSA) is 79.3 Å². The van der Waals surface area contributed by atoms with Gasteiger partial charge in [-0.2, -0.15) is 15.3 Å². The van der Waals surface area contributed by atoms with Gasteiger partial charge in [-0.15, -0.1) is 0 Å². The summed E-state index contributed by atoms with van der Waals surface area (Å²) >= 11 is 0. The van der Waals surface area contributed by atoms with Crippen molar-refractivity contribution in [3.8, 4) is 11.9 Å². The fraction of sp³-hybridized carbons (Fsp3) is 0.368. The van der Waals surface area contributed by atoms with Gasteiger partial charge in [0.15, 0.2) is 5.65 Å². The number of aryl methyl sites for hydroxylation is 2. The second kappa shape index (κ2) is 6.64. The van der Waals surface area contributed by atoms with E-state index in [1.165, 1.54) is 0 Å². The van der Waals surface area contributed by atoms with Crippen LogP contribution in [0.25, 0.3) is 5.65 Å². The summed E-state index contributed by atoms with van der Waals surface area (Å²) in [6, 6.07) is 7.95. The van der Waals surface area contributed by atoms with Crippen LogP contribution in [0.2, 0.25) is 0 Å². The van der Waals surface area contributed by atoms with Gasteiger partial charge in [0.2, 0.25) is 5.88 Å². The average molecular weight is 348 g/mol. The van der Waals surface area contributed by atoms with Crippen molar-refractivity contribution >= 4 is 11.5 Å². The molecule has 0 aliphatic carbocycles. The second-order valence-electron chi connectivity index (χ2n) is 6.59. The van der Waals surface area contributed by atoms with E-state index in [0.29, 0.717) is 11.4 Å². The van der Waals surface area contributed by atoms with Crippen LogP contribution in [0.3, 0.4) is 0 Å². The van der Waals surface area contributed by atoms with Crippen LogP contribution in [0.5, 0.6) is 5.88 Å². The van der Waals surface area contributed by atoms with E-state index < -0.39 is 0 Å². The fourth-order valence-corrected chi connectivity index (χ4v) is 3.40. The number of nitriles is 1. The lowest BCUT2D eigenvalue weighted by atomic mass is 10.1. The molecule has 4 heterocycles. The Bertz CT molecular complexity index is 981. The number of pyridine rings is 1. The van der Waals surface area contributed by atoms with Crippen molar-refractivity contribution in [3.05, 3.63) is 47.4 Å². The fourth-order valence-electron chi connectivity index (χ4n) is 3.40. The van der Waals surface area contributed by atoms with E-state index in [1.807, 2.05) is 38.2 Å². The number of hydrogen-bond acceptors (Lipinski definition) is 6. The van der Waals surface area contributed by atoms with E-state index in [2.05, 4.69) is 26.0 Å². The van der Waals surface area contributed by atoms with Crippen molar-refractivity contribution in [2.45, 2.75) is 32.8 Å². The molecule has 132 valence electrons. The third kappa shape index (κ3) is 3.06. The molecule has 0 atom stereocenters. The number of hydrogen-bond donors (Lipinski definition) is 0. The normalized spacial score (nSPS) is 15.2. The van der Waals surface area contributed by atoms with Crippen LogP contribution in [0, 0.1) is 25.2 Å². The van der Waals surface area contributed by atoms with Crippen molar-refractivity contribution in [2.75, 3.05) is 18.0 Å². The zero-order valence-corrected chi connectivity index (χ0v) is 14.9. The van der Waals surface area contributed by atoms with Gasteiger partial charge in [0.1, 0.15) is 18.0 Å². The molecule has 1 saturated heterocycles. The molecule has 1 aliphatic rings. The number of rotatable bonds is 3. The molecule has 0 N–H and O–H groups in total. The summed E-state index contributed by atoms with van der Waals surface area (Å²) in [7, 11) is 0. The van der Waals surface area contributed by atoms with Crippen molar-refractivity contribution in [2.24, 2.45) is 0 Å². The Kier molecular flexibility index (Phi) is 4.17. The molecule has 0 bridgehead atoms. The number of ether oxygens (including phenoxy) is 1. The van der Waals surface area contributed by atoms with Gasteiger partial charge in [0.25, 0.3) is 0 Å². The van der Waals surface area contributed by atoms with E-state index in [-0.39, 0.29) is 6.10 Å². The highest BCUT2D eigenvalue weighted by Crippen LogP contribution is 2.26. The molecule has 0 spiro atoms. The third-order valence-electron chi connectivity index (χ3n) is 4.70. The molecule has 1 fully saturated rings. The van der Waals surface area contributed by atoms with E-state index >= 15 is 0 Å². The summed E-state index contributed by atoms with van der Waals surface area (Å²) in [6.07, 6.45) is 5.41. The van der Waals surface area contributed by atoms with Gasteiger partial charge < -0.3 is 9.64 Å². The smallest absolute Gasteiger partial charge is 0.217 e. The molecule has 0 saturated carbocycles. The molecule has 7 nitrogen and oxygen atoms in total. The van der Waals surface area contributed by atoms with Gasteiger partial charge in [-0.3, -0.25) is 0 Å². The highest BCUT2D eigenvalue weighted by molar-refractivity contribution is 5.58. The summed E-state index contributed by atoms with van der Waals surface area (Å²) in [5.74, 6) is 1.42. The van der Waals surface area contributed by atoms with Crippen molar-refractivity contribution in [1.29, 1.82) is 5.26 Å². The van der Waals surface area contributed by atoms with Gasteiger partial charge in [0.05, 0.1) is 11.8 Å². The zero-order valence-electron chi connectivity index (χ0n) is 14.9. The van der Waals surface area contributed by atoms with Crippen molar-refractivity contribution < 1.29 is 4.74 Å². The number of aromatic nitrogens is 4. The molecule has 1 aliphatic heterocycles. The van der Waals surface area contributed by atoms with E-state index in [9.17, 15) is 5.26 Å². The lowest BCUT2D eigenvalue weighted by Crippen LogP contribution is -2.39. The lowest BCUT2D eigenvalue weighted by Gasteiger charge is -2.33. The van der Waals surface area contributed by atoms with Crippen LogP contribution in [0.15, 0.2) is 30.6 Å². The van der Waals surface area contributed by atoms with Crippen molar-refractivity contribution in [3.63, 3.8) is 0 Å². The minimum absolute atomic E-state index is 0.112. The minimum Gasteiger partial charge on any atom is -0.474 e. The highest BCUT2D eigenvalue weighted by atomic mass is 16.5. The Morgan fingerprint density at radius 2 is 2.00 bits per heavy atom. The maximum absolute atomic E-state index is 9.48. The van der Waals surface area contributed by atoms with Crippen molar-refractivity contribution in [1.82, 2.24) is 19.6 Å². The molecule has 26 heavy (non-hydrogen) atoms. The quantitative estimate of drug-likeness (QED) is 0.724. The molecule has 0 aromatic carbocycles. The molecule has 7 heteroatoms. The minimum atomic E-state index is 0.112. The first-order valence-electron chi connectivity index (χ1n) is 8.74. The molecule has 3 aromatic rings. The standard InChI is InChI=1S/C19H20N6O/c1-13-11-14(2)22-19(16(13)12-20)24-8-4-15(5-9-24)26-18-6-10-25-17(23-18)3-7-21-25/h3,6-7,10-11,15H,4-5,8-9H2,1-2H3.